The predicted molar refractivity (Wildman–Crippen MR) is 145 cm³/mol. The highest BCUT2D eigenvalue weighted by Crippen LogP contribution is 2.37. The molecule has 0 unspecified atom stereocenters. The minimum Gasteiger partial charge on any atom is -0.310 e. The highest BCUT2D eigenvalue weighted by molar-refractivity contribution is 5.97. The van der Waals surface area contributed by atoms with Crippen molar-refractivity contribution in [1.82, 2.24) is 0 Å². The molecule has 0 spiro atoms. The van der Waals surface area contributed by atoms with Gasteiger partial charge in [-0.05, 0) is 85.0 Å². The van der Waals surface area contributed by atoms with Gasteiger partial charge in [-0.25, -0.2) is 0 Å². The number of unbranched alkanes of at least 4 members (excludes halogenated alkanes) is 2. The van der Waals surface area contributed by atoms with E-state index in [1.807, 2.05) is 18.2 Å². The molecule has 2 heteroatoms. The summed E-state index contributed by atoms with van der Waals surface area (Å²) >= 11 is 0. The SMILES string of the molecule is CCCCCC(=O)c1ccc(-c2ccc(N(c3ccccc3)c3ccccc3)cc2C)c(C)c1. The third kappa shape index (κ3) is 5.28. The molecule has 0 aliphatic rings. The highest BCUT2D eigenvalue weighted by Gasteiger charge is 2.15. The second kappa shape index (κ2) is 11.0. The topological polar surface area (TPSA) is 20.3 Å². The van der Waals surface area contributed by atoms with Crippen molar-refractivity contribution in [2.45, 2.75) is 46.5 Å². The fraction of sp³-hybridized carbons (Fsp3) is 0.219. The highest BCUT2D eigenvalue weighted by atomic mass is 16.1. The van der Waals surface area contributed by atoms with E-state index in [2.05, 4.69) is 105 Å². The number of carbonyl (C=O) groups is 1. The number of benzene rings is 4. The van der Waals surface area contributed by atoms with Crippen molar-refractivity contribution in [3.63, 3.8) is 0 Å². The fourth-order valence-electron chi connectivity index (χ4n) is 4.51. The number of anilines is 3. The Labute approximate surface area is 203 Å². The molecule has 0 N–H and O–H groups in total. The first-order chi connectivity index (χ1) is 16.6. The summed E-state index contributed by atoms with van der Waals surface area (Å²) in [4.78, 5) is 14.8. The summed E-state index contributed by atoms with van der Waals surface area (Å²) in [5.41, 5.74) is 8.93. The second-order valence-corrected chi connectivity index (χ2v) is 8.92. The lowest BCUT2D eigenvalue weighted by Crippen LogP contribution is -2.10. The van der Waals surface area contributed by atoms with Gasteiger partial charge in [-0.15, -0.1) is 0 Å². The third-order valence-electron chi connectivity index (χ3n) is 6.34. The first kappa shape index (κ1) is 23.5. The van der Waals surface area contributed by atoms with Crippen LogP contribution in [-0.2, 0) is 0 Å². The summed E-state index contributed by atoms with van der Waals surface area (Å²) in [6.07, 6.45) is 3.84. The van der Waals surface area contributed by atoms with Gasteiger partial charge in [0.25, 0.3) is 0 Å². The van der Waals surface area contributed by atoms with Gasteiger partial charge in [-0.1, -0.05) is 74.4 Å². The molecule has 4 aromatic rings. The van der Waals surface area contributed by atoms with Crippen molar-refractivity contribution in [1.29, 1.82) is 0 Å². The molecule has 4 aromatic carbocycles. The molecule has 0 heterocycles. The average Bonchev–Trinajstić information content (AvgIpc) is 2.86. The van der Waals surface area contributed by atoms with Crippen molar-refractivity contribution < 1.29 is 4.79 Å². The molecule has 0 fully saturated rings. The lowest BCUT2D eigenvalue weighted by molar-refractivity contribution is 0.0979. The molecule has 4 rings (SSSR count). The number of aryl methyl sites for hydroxylation is 2. The van der Waals surface area contributed by atoms with Crippen LogP contribution in [0.3, 0.4) is 0 Å². The van der Waals surface area contributed by atoms with E-state index in [0.29, 0.717) is 6.42 Å². The van der Waals surface area contributed by atoms with Crippen LogP contribution in [0.4, 0.5) is 17.1 Å². The average molecular weight is 448 g/mol. The van der Waals surface area contributed by atoms with Gasteiger partial charge in [0.15, 0.2) is 5.78 Å². The van der Waals surface area contributed by atoms with Gasteiger partial charge in [-0.3, -0.25) is 4.79 Å². The van der Waals surface area contributed by atoms with Crippen molar-refractivity contribution in [2.75, 3.05) is 4.90 Å². The number of hydrogen-bond acceptors (Lipinski definition) is 2. The number of nitrogens with zero attached hydrogens (tertiary/aromatic N) is 1. The standard InChI is InChI=1S/C32H33NO/c1-4-5-8-17-32(34)26-18-20-30(24(2)22-26)31-21-19-29(23-25(31)3)33(27-13-9-6-10-14-27)28-15-11-7-12-16-28/h6-7,9-16,18-23H,4-5,8,17H2,1-3H3. The summed E-state index contributed by atoms with van der Waals surface area (Å²) in [5.74, 6) is 0.247. The van der Waals surface area contributed by atoms with Crippen molar-refractivity contribution in [2.24, 2.45) is 0 Å². The molecule has 0 radical (unpaired) electrons. The lowest BCUT2D eigenvalue weighted by atomic mass is 9.93. The number of ketones is 1. The van der Waals surface area contributed by atoms with E-state index in [9.17, 15) is 4.79 Å². The number of rotatable bonds is 9. The van der Waals surface area contributed by atoms with Crippen LogP contribution in [0.5, 0.6) is 0 Å². The quantitative estimate of drug-likeness (QED) is 0.188. The molecule has 0 aromatic heterocycles. The molecule has 0 bridgehead atoms. The number of para-hydroxylation sites is 2. The third-order valence-corrected chi connectivity index (χ3v) is 6.34. The van der Waals surface area contributed by atoms with Crippen molar-refractivity contribution in [3.05, 3.63) is 114 Å². The predicted octanol–water partition coefficient (Wildman–Crippen LogP) is 9.20. The molecule has 0 saturated heterocycles. The molecular formula is C32H33NO. The Hall–Kier alpha value is -3.65. The van der Waals surface area contributed by atoms with E-state index < -0.39 is 0 Å². The first-order valence-electron chi connectivity index (χ1n) is 12.2. The Kier molecular flexibility index (Phi) is 7.59. The van der Waals surface area contributed by atoms with Gasteiger partial charge in [0.1, 0.15) is 0 Å². The first-order valence-corrected chi connectivity index (χ1v) is 12.2. The molecule has 0 saturated carbocycles. The molecule has 0 aliphatic heterocycles. The van der Waals surface area contributed by atoms with Gasteiger partial charge in [0.05, 0.1) is 0 Å². The van der Waals surface area contributed by atoms with E-state index in [4.69, 9.17) is 0 Å². The molecule has 2 nitrogen and oxygen atoms in total. The maximum Gasteiger partial charge on any atom is 0.162 e. The van der Waals surface area contributed by atoms with E-state index in [1.165, 1.54) is 16.7 Å². The Morgan fingerprint density at radius 1 is 0.647 bits per heavy atom. The van der Waals surface area contributed by atoms with Crippen LogP contribution < -0.4 is 4.90 Å². The smallest absolute Gasteiger partial charge is 0.162 e. The van der Waals surface area contributed by atoms with E-state index in [-0.39, 0.29) is 5.78 Å². The zero-order chi connectivity index (χ0) is 23.9. The van der Waals surface area contributed by atoms with Gasteiger partial charge in [-0.2, -0.15) is 0 Å². The van der Waals surface area contributed by atoms with Crippen molar-refractivity contribution >= 4 is 22.8 Å². The van der Waals surface area contributed by atoms with Gasteiger partial charge in [0.2, 0.25) is 0 Å². The minimum atomic E-state index is 0.247. The normalized spacial score (nSPS) is 10.8. The van der Waals surface area contributed by atoms with Gasteiger partial charge in [0, 0.05) is 29.0 Å². The van der Waals surface area contributed by atoms with Crippen LogP contribution in [0.15, 0.2) is 97.1 Å². The van der Waals surface area contributed by atoms with E-state index in [1.54, 1.807) is 0 Å². The molecule has 0 amide bonds. The van der Waals surface area contributed by atoms with Crippen LogP contribution in [0.25, 0.3) is 11.1 Å². The molecule has 34 heavy (non-hydrogen) atoms. The Bertz CT molecular complexity index is 1210. The summed E-state index contributed by atoms with van der Waals surface area (Å²) in [5, 5.41) is 0. The molecular weight excluding hydrogens is 414 g/mol. The minimum absolute atomic E-state index is 0.247. The monoisotopic (exact) mass is 447 g/mol. The van der Waals surface area contributed by atoms with Crippen LogP contribution >= 0.6 is 0 Å². The van der Waals surface area contributed by atoms with Gasteiger partial charge < -0.3 is 4.90 Å². The fourth-order valence-corrected chi connectivity index (χ4v) is 4.51. The number of Topliss-reactive ketones (excluding diaryl/α,β-unsaturated/α-hetero) is 1. The lowest BCUT2D eigenvalue weighted by Gasteiger charge is -2.26. The zero-order valence-electron chi connectivity index (χ0n) is 20.4. The Balaban J connectivity index is 1.66. The van der Waals surface area contributed by atoms with Crippen LogP contribution in [-0.4, -0.2) is 5.78 Å². The molecule has 172 valence electrons. The van der Waals surface area contributed by atoms with Crippen LogP contribution in [0.2, 0.25) is 0 Å². The Morgan fingerprint density at radius 3 is 1.74 bits per heavy atom. The number of carbonyl (C=O) groups excluding carboxylic acids is 1. The van der Waals surface area contributed by atoms with E-state index in [0.717, 1.165) is 47.5 Å². The zero-order valence-corrected chi connectivity index (χ0v) is 20.4. The largest absolute Gasteiger partial charge is 0.310 e. The maximum absolute atomic E-state index is 12.6. The molecule has 0 aliphatic carbocycles. The summed E-state index contributed by atoms with van der Waals surface area (Å²) in [6.45, 7) is 6.43. The summed E-state index contributed by atoms with van der Waals surface area (Å²) in [7, 11) is 0. The van der Waals surface area contributed by atoms with Crippen molar-refractivity contribution in [3.8, 4) is 11.1 Å². The Morgan fingerprint density at radius 2 is 1.21 bits per heavy atom. The number of hydrogen-bond donors (Lipinski definition) is 0. The van der Waals surface area contributed by atoms with Crippen LogP contribution in [0, 0.1) is 13.8 Å². The summed E-state index contributed by atoms with van der Waals surface area (Å²) < 4.78 is 0. The molecule has 0 atom stereocenters. The van der Waals surface area contributed by atoms with E-state index >= 15 is 0 Å². The maximum atomic E-state index is 12.6. The van der Waals surface area contributed by atoms with Gasteiger partial charge >= 0.3 is 0 Å². The second-order valence-electron chi connectivity index (χ2n) is 8.92. The van der Waals surface area contributed by atoms with Crippen LogP contribution in [0.1, 0.15) is 54.1 Å². The summed E-state index contributed by atoms with van der Waals surface area (Å²) in [6, 6.07) is 33.7.